The van der Waals surface area contributed by atoms with Gasteiger partial charge in [0.25, 0.3) is 5.91 Å². The maximum atomic E-state index is 11.9. The number of rotatable bonds is 9. The average molecular weight is 282 g/mol. The third kappa shape index (κ3) is 5.00. The van der Waals surface area contributed by atoms with Gasteiger partial charge in [0.05, 0.1) is 0 Å². The van der Waals surface area contributed by atoms with E-state index in [2.05, 4.69) is 29.2 Å². The SMILES string of the molecule is CCN(CC)CCCNC(=O)c1ccnn1CC(=O)O. The zero-order valence-corrected chi connectivity index (χ0v) is 12.0. The van der Waals surface area contributed by atoms with Crippen molar-refractivity contribution in [1.82, 2.24) is 20.0 Å². The van der Waals surface area contributed by atoms with E-state index >= 15 is 0 Å². The molecule has 1 aromatic heterocycles. The van der Waals surface area contributed by atoms with Crippen LogP contribution in [0.5, 0.6) is 0 Å². The Morgan fingerprint density at radius 2 is 2.10 bits per heavy atom. The van der Waals surface area contributed by atoms with Crippen molar-refractivity contribution in [3.8, 4) is 0 Å². The highest BCUT2D eigenvalue weighted by molar-refractivity contribution is 5.92. The molecule has 0 saturated carbocycles. The normalized spacial score (nSPS) is 10.8. The maximum Gasteiger partial charge on any atom is 0.325 e. The number of hydrogen-bond donors (Lipinski definition) is 2. The number of hydrogen-bond acceptors (Lipinski definition) is 4. The molecule has 7 heteroatoms. The van der Waals surface area contributed by atoms with Crippen LogP contribution in [-0.2, 0) is 11.3 Å². The topological polar surface area (TPSA) is 87.5 Å². The van der Waals surface area contributed by atoms with Gasteiger partial charge in [0.1, 0.15) is 12.2 Å². The second-order valence-electron chi connectivity index (χ2n) is 4.40. The molecule has 112 valence electrons. The number of amides is 1. The van der Waals surface area contributed by atoms with Crippen LogP contribution in [0.15, 0.2) is 12.3 Å². The fraction of sp³-hybridized carbons (Fsp3) is 0.615. The van der Waals surface area contributed by atoms with E-state index in [4.69, 9.17) is 5.11 Å². The average Bonchev–Trinajstić information content (AvgIpc) is 2.86. The summed E-state index contributed by atoms with van der Waals surface area (Å²) in [6, 6.07) is 1.52. The lowest BCUT2D eigenvalue weighted by atomic mass is 10.3. The number of carbonyl (C=O) groups is 2. The largest absolute Gasteiger partial charge is 0.480 e. The van der Waals surface area contributed by atoms with Crippen LogP contribution < -0.4 is 5.32 Å². The second kappa shape index (κ2) is 8.31. The Balaban J connectivity index is 2.40. The van der Waals surface area contributed by atoms with Gasteiger partial charge in [-0.1, -0.05) is 13.8 Å². The molecule has 20 heavy (non-hydrogen) atoms. The van der Waals surface area contributed by atoms with E-state index in [1.165, 1.54) is 16.9 Å². The third-order valence-electron chi connectivity index (χ3n) is 3.07. The molecule has 0 spiro atoms. The van der Waals surface area contributed by atoms with Gasteiger partial charge in [0.2, 0.25) is 0 Å². The van der Waals surface area contributed by atoms with Crippen molar-refractivity contribution in [2.75, 3.05) is 26.2 Å². The summed E-state index contributed by atoms with van der Waals surface area (Å²) in [5.74, 6) is -1.31. The highest BCUT2D eigenvalue weighted by atomic mass is 16.4. The van der Waals surface area contributed by atoms with E-state index in [9.17, 15) is 9.59 Å². The summed E-state index contributed by atoms with van der Waals surface area (Å²) < 4.78 is 1.18. The zero-order chi connectivity index (χ0) is 15.0. The highest BCUT2D eigenvalue weighted by Crippen LogP contribution is 1.99. The molecule has 1 rings (SSSR count). The standard InChI is InChI=1S/C13H22N4O3/c1-3-16(4-2)9-5-7-14-13(20)11-6-8-15-17(11)10-12(18)19/h6,8H,3-5,7,9-10H2,1-2H3,(H,14,20)(H,18,19). The predicted molar refractivity (Wildman–Crippen MR) is 74.6 cm³/mol. The fourth-order valence-electron chi connectivity index (χ4n) is 1.91. The molecule has 0 unspecified atom stereocenters. The zero-order valence-electron chi connectivity index (χ0n) is 12.0. The molecule has 1 heterocycles. The molecule has 0 aromatic carbocycles. The Hall–Kier alpha value is -1.89. The number of carboxylic acids is 1. The van der Waals surface area contributed by atoms with E-state index in [0.717, 1.165) is 26.1 Å². The summed E-state index contributed by atoms with van der Waals surface area (Å²) >= 11 is 0. The Kier molecular flexibility index (Phi) is 6.72. The number of aromatic nitrogens is 2. The van der Waals surface area contributed by atoms with Gasteiger partial charge in [0.15, 0.2) is 0 Å². The second-order valence-corrected chi connectivity index (χ2v) is 4.40. The van der Waals surface area contributed by atoms with Gasteiger partial charge in [-0.2, -0.15) is 5.10 Å². The molecule has 0 saturated heterocycles. The van der Waals surface area contributed by atoms with Crippen LogP contribution in [0.25, 0.3) is 0 Å². The third-order valence-corrected chi connectivity index (χ3v) is 3.07. The molecule has 2 N–H and O–H groups in total. The van der Waals surface area contributed by atoms with Crippen molar-refractivity contribution in [2.24, 2.45) is 0 Å². The molecule has 0 aliphatic rings. The molecule has 0 bridgehead atoms. The Morgan fingerprint density at radius 3 is 2.70 bits per heavy atom. The predicted octanol–water partition coefficient (Wildman–Crippen LogP) is 0.429. The lowest BCUT2D eigenvalue weighted by molar-refractivity contribution is -0.137. The minimum atomic E-state index is -1.02. The van der Waals surface area contributed by atoms with E-state index in [-0.39, 0.29) is 18.1 Å². The summed E-state index contributed by atoms with van der Waals surface area (Å²) in [7, 11) is 0. The first-order chi connectivity index (χ1) is 9.58. The summed E-state index contributed by atoms with van der Waals surface area (Å²) in [6.45, 7) is 7.38. The van der Waals surface area contributed by atoms with Gasteiger partial charge in [0, 0.05) is 12.7 Å². The van der Waals surface area contributed by atoms with Gasteiger partial charge in [-0.05, 0) is 32.1 Å². The van der Waals surface area contributed by atoms with E-state index in [1.54, 1.807) is 0 Å². The quantitative estimate of drug-likeness (QED) is 0.641. The minimum absolute atomic E-state index is 0.273. The van der Waals surface area contributed by atoms with Crippen LogP contribution in [0, 0.1) is 0 Å². The molecule has 0 fully saturated rings. The molecular formula is C13H22N4O3. The van der Waals surface area contributed by atoms with Crippen molar-refractivity contribution in [2.45, 2.75) is 26.8 Å². The summed E-state index contributed by atoms with van der Waals surface area (Å²) in [5.41, 5.74) is 0.273. The van der Waals surface area contributed by atoms with Crippen LogP contribution in [0.1, 0.15) is 30.8 Å². The van der Waals surface area contributed by atoms with Gasteiger partial charge >= 0.3 is 5.97 Å². The van der Waals surface area contributed by atoms with Crippen LogP contribution in [-0.4, -0.2) is 57.8 Å². The lowest BCUT2D eigenvalue weighted by Crippen LogP contribution is -2.31. The van der Waals surface area contributed by atoms with E-state index < -0.39 is 5.97 Å². The van der Waals surface area contributed by atoms with Crippen molar-refractivity contribution < 1.29 is 14.7 Å². The lowest BCUT2D eigenvalue weighted by Gasteiger charge is -2.17. The minimum Gasteiger partial charge on any atom is -0.480 e. The van der Waals surface area contributed by atoms with Crippen molar-refractivity contribution in [3.05, 3.63) is 18.0 Å². The molecule has 0 aliphatic carbocycles. The van der Waals surface area contributed by atoms with Gasteiger partial charge < -0.3 is 15.3 Å². The summed E-state index contributed by atoms with van der Waals surface area (Å²) in [4.78, 5) is 24.8. The first-order valence-corrected chi connectivity index (χ1v) is 6.82. The van der Waals surface area contributed by atoms with Gasteiger partial charge in [-0.25, -0.2) is 4.68 Å². The molecule has 1 aromatic rings. The van der Waals surface area contributed by atoms with Crippen LogP contribution in [0.4, 0.5) is 0 Å². The molecule has 0 aliphatic heterocycles. The number of nitrogens with one attached hydrogen (secondary N) is 1. The summed E-state index contributed by atoms with van der Waals surface area (Å²) in [5, 5.41) is 15.3. The Morgan fingerprint density at radius 1 is 1.40 bits per heavy atom. The fourth-order valence-corrected chi connectivity index (χ4v) is 1.91. The number of carboxylic acid groups (broad SMARTS) is 1. The van der Waals surface area contributed by atoms with Crippen molar-refractivity contribution >= 4 is 11.9 Å². The highest BCUT2D eigenvalue weighted by Gasteiger charge is 2.13. The van der Waals surface area contributed by atoms with Crippen molar-refractivity contribution in [1.29, 1.82) is 0 Å². The molecular weight excluding hydrogens is 260 g/mol. The molecule has 0 atom stereocenters. The number of nitrogens with zero attached hydrogens (tertiary/aromatic N) is 3. The van der Waals surface area contributed by atoms with Gasteiger partial charge in [-0.15, -0.1) is 0 Å². The molecule has 1 amide bonds. The maximum absolute atomic E-state index is 11.9. The summed E-state index contributed by atoms with van der Waals surface area (Å²) in [6.07, 6.45) is 2.29. The van der Waals surface area contributed by atoms with Gasteiger partial charge in [-0.3, -0.25) is 9.59 Å². The smallest absolute Gasteiger partial charge is 0.325 e. The van der Waals surface area contributed by atoms with Crippen molar-refractivity contribution in [3.63, 3.8) is 0 Å². The molecule has 7 nitrogen and oxygen atoms in total. The van der Waals surface area contributed by atoms with Crippen LogP contribution >= 0.6 is 0 Å². The van der Waals surface area contributed by atoms with E-state index in [0.29, 0.717) is 6.54 Å². The Bertz CT molecular complexity index is 441. The van der Waals surface area contributed by atoms with Crippen LogP contribution in [0.2, 0.25) is 0 Å². The number of aliphatic carboxylic acids is 1. The first-order valence-electron chi connectivity index (χ1n) is 6.82. The van der Waals surface area contributed by atoms with Crippen LogP contribution in [0.3, 0.4) is 0 Å². The molecule has 0 radical (unpaired) electrons. The number of carbonyl (C=O) groups excluding carboxylic acids is 1. The van der Waals surface area contributed by atoms with E-state index in [1.807, 2.05) is 0 Å². The first kappa shape index (κ1) is 16.2. The monoisotopic (exact) mass is 282 g/mol. The Labute approximate surface area is 118 Å².